The van der Waals surface area contributed by atoms with Gasteiger partial charge in [0.2, 0.25) is 0 Å². The van der Waals surface area contributed by atoms with Gasteiger partial charge in [-0.15, -0.1) is 0 Å². The Morgan fingerprint density at radius 3 is 2.15 bits per heavy atom. The summed E-state index contributed by atoms with van der Waals surface area (Å²) >= 11 is 0. The first-order chi connectivity index (χ1) is 12.7. The molecule has 0 spiro atoms. The van der Waals surface area contributed by atoms with E-state index < -0.39 is 21.3 Å². The fourth-order valence-electron chi connectivity index (χ4n) is 4.28. The van der Waals surface area contributed by atoms with Gasteiger partial charge in [-0.2, -0.15) is 0 Å². The quantitative estimate of drug-likeness (QED) is 0.607. The van der Waals surface area contributed by atoms with E-state index in [0.29, 0.717) is 46.8 Å². The summed E-state index contributed by atoms with van der Waals surface area (Å²) in [7, 11) is 0. The van der Waals surface area contributed by atoms with E-state index in [1.165, 1.54) is 12.1 Å². The number of aromatic hydroxyl groups is 2. The monoisotopic (exact) mass is 372 g/mol. The van der Waals surface area contributed by atoms with Crippen molar-refractivity contribution in [2.75, 3.05) is 16.5 Å². The van der Waals surface area contributed by atoms with Gasteiger partial charge in [0.1, 0.15) is 0 Å². The van der Waals surface area contributed by atoms with Gasteiger partial charge in [-0.3, -0.25) is 20.2 Å². The Morgan fingerprint density at radius 2 is 1.52 bits per heavy atom. The predicted octanol–water partition coefficient (Wildman–Crippen LogP) is 2.83. The van der Waals surface area contributed by atoms with Crippen LogP contribution in [0.3, 0.4) is 0 Å². The van der Waals surface area contributed by atoms with Crippen molar-refractivity contribution >= 4 is 22.7 Å². The molecular formula is C17H16N4O6. The van der Waals surface area contributed by atoms with Crippen LogP contribution < -0.4 is 9.80 Å². The minimum Gasteiger partial charge on any atom is -0.502 e. The number of nitro groups is 2. The van der Waals surface area contributed by atoms with Gasteiger partial charge in [-0.05, 0) is 37.1 Å². The molecule has 0 aromatic heterocycles. The predicted molar refractivity (Wildman–Crippen MR) is 96.2 cm³/mol. The Kier molecular flexibility index (Phi) is 3.42. The molecule has 2 aliphatic heterocycles. The standard InChI is InChI=1S/C17H16N4O6/c1-8-3-12(22)17(21(26)27)11-6-19-7-18(14(8)11)5-10-4-13(23)16(20(24)25)9(2)15(10)19/h3-4,22-23H,5-7H2,1-2H3. The van der Waals surface area contributed by atoms with Crippen LogP contribution in [0.15, 0.2) is 12.1 Å². The molecule has 10 heteroatoms. The number of benzene rings is 2. The molecule has 0 unspecified atom stereocenters. The zero-order valence-corrected chi connectivity index (χ0v) is 14.6. The van der Waals surface area contributed by atoms with Gasteiger partial charge in [0, 0.05) is 6.54 Å². The molecule has 27 heavy (non-hydrogen) atoms. The van der Waals surface area contributed by atoms with Crippen molar-refractivity contribution in [3.63, 3.8) is 0 Å². The van der Waals surface area contributed by atoms with E-state index in [2.05, 4.69) is 0 Å². The largest absolute Gasteiger partial charge is 0.502 e. The van der Waals surface area contributed by atoms with Crippen LogP contribution in [0, 0.1) is 34.1 Å². The van der Waals surface area contributed by atoms with Crippen molar-refractivity contribution < 1.29 is 20.1 Å². The van der Waals surface area contributed by atoms with E-state index in [9.17, 15) is 30.4 Å². The van der Waals surface area contributed by atoms with Crippen LogP contribution in [-0.2, 0) is 13.1 Å². The van der Waals surface area contributed by atoms with E-state index in [0.717, 1.165) is 0 Å². The lowest BCUT2D eigenvalue weighted by Gasteiger charge is -2.45. The third kappa shape index (κ3) is 2.26. The Hall–Kier alpha value is -3.56. The van der Waals surface area contributed by atoms with Crippen molar-refractivity contribution in [3.05, 3.63) is 54.6 Å². The van der Waals surface area contributed by atoms with E-state index in [1.807, 2.05) is 4.90 Å². The highest BCUT2D eigenvalue weighted by Gasteiger charge is 2.39. The van der Waals surface area contributed by atoms with Gasteiger partial charge in [0.15, 0.2) is 11.5 Å². The second-order valence-electron chi connectivity index (χ2n) is 6.82. The van der Waals surface area contributed by atoms with Gasteiger partial charge < -0.3 is 20.0 Å². The second-order valence-corrected chi connectivity index (χ2v) is 6.82. The Balaban J connectivity index is 1.94. The number of aryl methyl sites for hydroxylation is 1. The number of nitrogens with zero attached hydrogens (tertiary/aromatic N) is 4. The van der Waals surface area contributed by atoms with Crippen molar-refractivity contribution in [1.29, 1.82) is 0 Å². The Bertz CT molecular complexity index is 1040. The van der Waals surface area contributed by atoms with E-state index in [4.69, 9.17) is 0 Å². The lowest BCUT2D eigenvalue weighted by molar-refractivity contribution is -0.386. The van der Waals surface area contributed by atoms with Crippen molar-refractivity contribution in [2.45, 2.75) is 26.9 Å². The fourth-order valence-corrected chi connectivity index (χ4v) is 4.28. The highest BCUT2D eigenvalue weighted by atomic mass is 16.6. The molecule has 2 aliphatic rings. The number of nitro benzene ring substituents is 2. The number of hydrogen-bond acceptors (Lipinski definition) is 8. The molecule has 0 atom stereocenters. The van der Waals surface area contributed by atoms with Crippen LogP contribution in [0.1, 0.15) is 22.3 Å². The first-order valence-corrected chi connectivity index (χ1v) is 8.20. The summed E-state index contributed by atoms with van der Waals surface area (Å²) in [5.74, 6) is -0.792. The molecule has 0 saturated carbocycles. The van der Waals surface area contributed by atoms with Crippen LogP contribution in [0.5, 0.6) is 11.5 Å². The normalized spacial score (nSPS) is 14.6. The molecule has 2 bridgehead atoms. The second kappa shape index (κ2) is 5.47. The molecule has 4 rings (SSSR count). The smallest absolute Gasteiger partial charge is 0.317 e. The minimum atomic E-state index is -0.631. The van der Waals surface area contributed by atoms with Crippen molar-refractivity contribution in [3.8, 4) is 11.5 Å². The number of rotatable bonds is 2. The maximum absolute atomic E-state index is 11.5. The maximum atomic E-state index is 11.5. The van der Waals surface area contributed by atoms with E-state index in [1.54, 1.807) is 18.7 Å². The molecule has 0 fully saturated rings. The van der Waals surface area contributed by atoms with Gasteiger partial charge in [0.25, 0.3) is 0 Å². The fraction of sp³-hybridized carbons (Fsp3) is 0.294. The summed E-state index contributed by atoms with van der Waals surface area (Å²) in [5, 5.41) is 43.0. The third-order valence-electron chi connectivity index (χ3n) is 5.16. The summed E-state index contributed by atoms with van der Waals surface area (Å²) in [4.78, 5) is 25.3. The van der Waals surface area contributed by atoms with Crippen LogP contribution >= 0.6 is 0 Å². The average molecular weight is 372 g/mol. The number of phenols is 2. The highest BCUT2D eigenvalue weighted by Crippen LogP contribution is 2.49. The molecule has 0 saturated heterocycles. The van der Waals surface area contributed by atoms with E-state index >= 15 is 0 Å². The van der Waals surface area contributed by atoms with Crippen LogP contribution in [0.2, 0.25) is 0 Å². The lowest BCUT2D eigenvalue weighted by Crippen LogP contribution is -2.47. The zero-order valence-electron chi connectivity index (χ0n) is 14.6. The first kappa shape index (κ1) is 16.9. The zero-order chi connectivity index (χ0) is 19.6. The molecule has 140 valence electrons. The summed E-state index contributed by atoms with van der Waals surface area (Å²) in [5.41, 5.74) is 2.67. The molecule has 0 aliphatic carbocycles. The van der Waals surface area contributed by atoms with Crippen LogP contribution in [0.4, 0.5) is 22.7 Å². The molecule has 0 amide bonds. The number of anilines is 2. The Morgan fingerprint density at radius 1 is 0.926 bits per heavy atom. The summed E-state index contributed by atoms with van der Waals surface area (Å²) in [6, 6.07) is 2.76. The van der Waals surface area contributed by atoms with Crippen LogP contribution in [-0.4, -0.2) is 26.7 Å². The maximum Gasteiger partial charge on any atom is 0.317 e. The molecule has 10 nitrogen and oxygen atoms in total. The first-order valence-electron chi connectivity index (χ1n) is 8.20. The van der Waals surface area contributed by atoms with Crippen molar-refractivity contribution in [1.82, 2.24) is 0 Å². The molecule has 2 aromatic carbocycles. The topological polar surface area (TPSA) is 133 Å². The molecule has 2 heterocycles. The summed E-state index contributed by atoms with van der Waals surface area (Å²) in [6.07, 6.45) is 0. The van der Waals surface area contributed by atoms with Gasteiger partial charge >= 0.3 is 11.4 Å². The molecule has 0 radical (unpaired) electrons. The van der Waals surface area contributed by atoms with Crippen molar-refractivity contribution in [2.24, 2.45) is 0 Å². The van der Waals surface area contributed by atoms with Crippen LogP contribution in [0.25, 0.3) is 0 Å². The number of hydrogen-bond donors (Lipinski definition) is 2. The highest BCUT2D eigenvalue weighted by molar-refractivity contribution is 5.80. The van der Waals surface area contributed by atoms with E-state index in [-0.39, 0.29) is 17.9 Å². The Labute approximate surface area is 153 Å². The molecule has 2 aromatic rings. The number of fused-ring (bicyclic) bond motifs is 6. The molecule has 2 N–H and O–H groups in total. The minimum absolute atomic E-state index is 0.132. The van der Waals surface area contributed by atoms with Gasteiger partial charge in [-0.25, -0.2) is 0 Å². The molecular weight excluding hydrogens is 356 g/mol. The SMILES string of the molecule is Cc1cc(O)c([N+](=O)[O-])c2c1N1Cc3cc(O)c([N+](=O)[O-])c(C)c3N(C2)C1. The lowest BCUT2D eigenvalue weighted by atomic mass is 9.94. The van der Waals surface area contributed by atoms with Gasteiger partial charge in [-0.1, -0.05) is 0 Å². The average Bonchev–Trinajstić information content (AvgIpc) is 2.52. The third-order valence-corrected chi connectivity index (χ3v) is 5.16. The van der Waals surface area contributed by atoms with Gasteiger partial charge in [0.05, 0.1) is 45.6 Å². The summed E-state index contributed by atoms with van der Waals surface area (Å²) < 4.78 is 0. The number of phenolic OH excluding ortho intramolecular Hbond substituents is 2. The summed E-state index contributed by atoms with van der Waals surface area (Å²) in [6.45, 7) is 4.21.